The average molecular weight is 351 g/mol. The number of nitrogens with two attached hydrogens (primary N) is 1. The maximum atomic E-state index is 11.3. The molecule has 9 heteroatoms. The number of carbonyl (C=O) groups is 1. The molecule has 0 radical (unpaired) electrons. The Hall–Kier alpha value is -2.29. The number of nitrogen functional groups attached to an aromatic ring is 1. The third kappa shape index (κ3) is 5.35. The molecule has 0 saturated carbocycles. The van der Waals surface area contributed by atoms with Crippen molar-refractivity contribution in [2.24, 2.45) is 5.41 Å². The minimum absolute atomic E-state index is 0.00828. The second kappa shape index (κ2) is 7.73. The van der Waals surface area contributed by atoms with Crippen LogP contribution in [0.25, 0.3) is 0 Å². The molecule has 1 amide bonds. The number of ether oxygens (including phenoxy) is 1. The van der Waals surface area contributed by atoms with E-state index in [-0.39, 0.29) is 23.4 Å². The van der Waals surface area contributed by atoms with Crippen LogP contribution in [0.4, 0.5) is 17.3 Å². The first-order valence-electron chi connectivity index (χ1n) is 8.44. The lowest BCUT2D eigenvalue weighted by atomic mass is 9.99. The normalized spacial score (nSPS) is 17.5. The second-order valence-corrected chi connectivity index (χ2v) is 7.45. The van der Waals surface area contributed by atoms with Crippen molar-refractivity contribution in [3.8, 4) is 6.01 Å². The zero-order valence-corrected chi connectivity index (χ0v) is 15.6. The van der Waals surface area contributed by atoms with E-state index in [0.717, 1.165) is 13.0 Å². The first-order chi connectivity index (χ1) is 11.7. The van der Waals surface area contributed by atoms with E-state index in [1.165, 1.54) is 6.92 Å². The summed E-state index contributed by atoms with van der Waals surface area (Å²) in [6.07, 6.45) is 0.843. The van der Waals surface area contributed by atoms with Crippen LogP contribution in [0.1, 0.15) is 34.1 Å². The van der Waals surface area contributed by atoms with Gasteiger partial charge in [-0.3, -0.25) is 4.79 Å². The molecule has 0 aromatic carbocycles. The van der Waals surface area contributed by atoms with Crippen LogP contribution in [0.15, 0.2) is 0 Å². The number of hydrogen-bond donors (Lipinski definition) is 4. The molecule has 1 saturated heterocycles. The van der Waals surface area contributed by atoms with Gasteiger partial charge >= 0.3 is 6.01 Å². The zero-order chi connectivity index (χ0) is 18.6. The minimum Gasteiger partial charge on any atom is -0.463 e. The summed E-state index contributed by atoms with van der Waals surface area (Å²) in [5.41, 5.74) is 12.4. The molecule has 1 aromatic rings. The number of rotatable bonds is 6. The number of nitrogens with zero attached hydrogens (tertiary/aromatic N) is 3. The summed E-state index contributed by atoms with van der Waals surface area (Å²) in [7, 11) is 1.74. The quantitative estimate of drug-likeness (QED) is 0.555. The molecule has 1 aromatic heterocycles. The van der Waals surface area contributed by atoms with Crippen LogP contribution in [0, 0.1) is 5.41 Å². The van der Waals surface area contributed by atoms with Gasteiger partial charge in [-0.2, -0.15) is 9.97 Å². The molecule has 1 aliphatic heterocycles. The molecule has 0 bridgehead atoms. The fourth-order valence-corrected chi connectivity index (χ4v) is 2.60. The van der Waals surface area contributed by atoms with Crippen molar-refractivity contribution < 1.29 is 9.53 Å². The zero-order valence-electron chi connectivity index (χ0n) is 15.6. The molecule has 9 nitrogen and oxygen atoms in total. The molecule has 25 heavy (non-hydrogen) atoms. The minimum atomic E-state index is -0.0331. The van der Waals surface area contributed by atoms with Crippen molar-refractivity contribution in [3.05, 3.63) is 0 Å². The van der Waals surface area contributed by atoms with E-state index in [1.54, 1.807) is 7.05 Å². The molecular formula is C16H29N7O2. The van der Waals surface area contributed by atoms with E-state index in [0.29, 0.717) is 30.5 Å². The highest BCUT2D eigenvalue weighted by molar-refractivity contribution is 5.76. The highest BCUT2D eigenvalue weighted by Crippen LogP contribution is 2.31. The Bertz CT molecular complexity index is 615. The Balaban J connectivity index is 2.23. The van der Waals surface area contributed by atoms with E-state index in [1.807, 2.05) is 4.90 Å². The number of amides is 1. The summed E-state index contributed by atoms with van der Waals surface area (Å²) in [5.74, 6) is 1.05. The van der Waals surface area contributed by atoms with Crippen molar-refractivity contribution in [1.29, 1.82) is 0 Å². The Kier molecular flexibility index (Phi) is 5.89. The lowest BCUT2D eigenvalue weighted by Crippen LogP contribution is -2.36. The Morgan fingerprint density at radius 2 is 2.12 bits per heavy atom. The summed E-state index contributed by atoms with van der Waals surface area (Å²) in [6, 6.07) is 0.367. The molecular weight excluding hydrogens is 322 g/mol. The number of hydrogen-bond acceptors (Lipinski definition) is 8. The van der Waals surface area contributed by atoms with Gasteiger partial charge in [-0.05, 0) is 11.8 Å². The van der Waals surface area contributed by atoms with Gasteiger partial charge in [0.25, 0.3) is 0 Å². The van der Waals surface area contributed by atoms with Gasteiger partial charge in [-0.1, -0.05) is 20.8 Å². The number of anilines is 3. The smallest absolute Gasteiger partial charge is 0.320 e. The summed E-state index contributed by atoms with van der Waals surface area (Å²) < 4.78 is 5.76. The maximum absolute atomic E-state index is 11.3. The van der Waals surface area contributed by atoms with Crippen molar-refractivity contribution in [3.63, 3.8) is 0 Å². The fraction of sp³-hybridized carbons (Fsp3) is 0.688. The molecule has 5 N–H and O–H groups in total. The van der Waals surface area contributed by atoms with Gasteiger partial charge in [-0.25, -0.2) is 5.43 Å². The fourth-order valence-electron chi connectivity index (χ4n) is 2.60. The highest BCUT2D eigenvalue weighted by atomic mass is 16.5. The molecule has 2 heterocycles. The number of nitrogens with one attached hydrogen (secondary N) is 3. The van der Waals surface area contributed by atoms with E-state index in [9.17, 15) is 4.79 Å². The molecule has 140 valence electrons. The van der Waals surface area contributed by atoms with Gasteiger partial charge < -0.3 is 26.1 Å². The van der Waals surface area contributed by atoms with E-state index in [2.05, 4.69) is 46.9 Å². The number of carbonyl (C=O) groups excluding carboxylic acids is 1. The Labute approximate surface area is 148 Å². The summed E-state index contributed by atoms with van der Waals surface area (Å²) in [5, 5.41) is 2.94. The van der Waals surface area contributed by atoms with E-state index >= 15 is 0 Å². The molecule has 0 unspecified atom stereocenters. The number of hydrazine groups is 1. The SMILES string of the molecule is CNNc1nc(OCC(C)(C)C)nc(N2CC[C@H](NC(C)=O)C2)c1N. The first-order valence-corrected chi connectivity index (χ1v) is 8.44. The van der Waals surface area contributed by atoms with Crippen LogP contribution >= 0.6 is 0 Å². The van der Waals surface area contributed by atoms with Crippen LogP contribution < -0.4 is 31.5 Å². The molecule has 1 atom stereocenters. The van der Waals surface area contributed by atoms with Gasteiger partial charge in [0, 0.05) is 33.1 Å². The molecule has 1 fully saturated rings. The maximum Gasteiger partial charge on any atom is 0.320 e. The molecule has 2 rings (SSSR count). The predicted molar refractivity (Wildman–Crippen MR) is 98.5 cm³/mol. The van der Waals surface area contributed by atoms with Gasteiger partial charge in [0.2, 0.25) is 5.91 Å². The lowest BCUT2D eigenvalue weighted by Gasteiger charge is -2.23. The van der Waals surface area contributed by atoms with Crippen molar-refractivity contribution in [1.82, 2.24) is 20.7 Å². The van der Waals surface area contributed by atoms with Gasteiger partial charge in [0.05, 0.1) is 6.61 Å². The van der Waals surface area contributed by atoms with E-state index in [4.69, 9.17) is 10.5 Å². The molecule has 0 spiro atoms. The average Bonchev–Trinajstić information content (AvgIpc) is 2.94. The summed E-state index contributed by atoms with van der Waals surface area (Å²) >= 11 is 0. The van der Waals surface area contributed by atoms with Crippen molar-refractivity contribution >= 4 is 23.2 Å². The van der Waals surface area contributed by atoms with Gasteiger partial charge in [0.15, 0.2) is 11.6 Å². The van der Waals surface area contributed by atoms with Crippen molar-refractivity contribution in [2.75, 3.05) is 42.8 Å². The van der Waals surface area contributed by atoms with Crippen LogP contribution in [0.5, 0.6) is 6.01 Å². The van der Waals surface area contributed by atoms with Gasteiger partial charge in [-0.15, -0.1) is 0 Å². The third-order valence-corrected chi connectivity index (χ3v) is 3.68. The largest absolute Gasteiger partial charge is 0.463 e. The molecule has 1 aliphatic rings. The lowest BCUT2D eigenvalue weighted by molar-refractivity contribution is -0.119. The van der Waals surface area contributed by atoms with Crippen LogP contribution in [0.2, 0.25) is 0 Å². The first kappa shape index (κ1) is 19.0. The monoisotopic (exact) mass is 351 g/mol. The summed E-state index contributed by atoms with van der Waals surface area (Å²) in [6.45, 7) is 9.66. The summed E-state index contributed by atoms with van der Waals surface area (Å²) in [4.78, 5) is 22.1. The Morgan fingerprint density at radius 1 is 1.40 bits per heavy atom. The van der Waals surface area contributed by atoms with Crippen LogP contribution in [0.3, 0.4) is 0 Å². The van der Waals surface area contributed by atoms with Crippen LogP contribution in [-0.2, 0) is 4.79 Å². The second-order valence-electron chi connectivity index (χ2n) is 7.45. The van der Waals surface area contributed by atoms with Crippen LogP contribution in [-0.4, -0.2) is 48.7 Å². The van der Waals surface area contributed by atoms with Gasteiger partial charge in [0.1, 0.15) is 5.69 Å². The molecule has 0 aliphatic carbocycles. The topological polar surface area (TPSA) is 117 Å². The van der Waals surface area contributed by atoms with E-state index < -0.39 is 0 Å². The Morgan fingerprint density at radius 3 is 2.72 bits per heavy atom. The third-order valence-electron chi connectivity index (χ3n) is 3.68. The standard InChI is InChI=1S/C16H29N7O2/c1-10(24)19-11-6-7-23(8-11)14-12(17)13(22-18-5)20-15(21-14)25-9-16(2,3)4/h11,18H,6-9,17H2,1-5H3,(H,19,24)(H,20,21,22)/t11-/m0/s1. The number of aromatic nitrogens is 2. The predicted octanol–water partition coefficient (Wildman–Crippen LogP) is 0.745. The van der Waals surface area contributed by atoms with Crippen molar-refractivity contribution in [2.45, 2.75) is 40.2 Å². The highest BCUT2D eigenvalue weighted by Gasteiger charge is 2.27.